The van der Waals surface area contributed by atoms with Gasteiger partial charge < -0.3 is 9.47 Å². The second-order valence-corrected chi connectivity index (χ2v) is 6.29. The molecule has 0 spiro atoms. The highest BCUT2D eigenvalue weighted by Crippen LogP contribution is 2.31. The van der Waals surface area contributed by atoms with Crippen molar-refractivity contribution in [3.8, 4) is 11.5 Å². The van der Waals surface area contributed by atoms with Crippen LogP contribution in [-0.2, 0) is 10.0 Å². The normalized spacial score (nSPS) is 11.0. The minimum absolute atomic E-state index is 0.145. The lowest BCUT2D eigenvalue weighted by atomic mass is 10.3. The fourth-order valence-electron chi connectivity index (χ4n) is 1.91. The van der Waals surface area contributed by atoms with Crippen LogP contribution in [0.2, 0.25) is 0 Å². The van der Waals surface area contributed by atoms with Crippen molar-refractivity contribution >= 4 is 15.7 Å². The van der Waals surface area contributed by atoms with E-state index in [1.165, 1.54) is 37.7 Å². The third kappa shape index (κ3) is 2.95. The maximum Gasteiger partial charge on any atom is 0.264 e. The molecule has 0 fully saturated rings. The van der Waals surface area contributed by atoms with Crippen molar-refractivity contribution in [3.63, 3.8) is 0 Å². The minimum Gasteiger partial charge on any atom is -0.493 e. The van der Waals surface area contributed by atoms with E-state index in [-0.39, 0.29) is 4.90 Å². The number of rotatable bonds is 5. The molecule has 0 saturated carbocycles. The van der Waals surface area contributed by atoms with Gasteiger partial charge >= 0.3 is 0 Å². The molecule has 0 radical (unpaired) electrons. The van der Waals surface area contributed by atoms with Crippen molar-refractivity contribution in [1.82, 2.24) is 0 Å². The summed E-state index contributed by atoms with van der Waals surface area (Å²) in [5.41, 5.74) is 0.590. The summed E-state index contributed by atoms with van der Waals surface area (Å²) in [4.78, 5) is 0.145. The molecule has 0 amide bonds. The Kier molecular flexibility index (Phi) is 4.37. The number of nitrogens with zero attached hydrogens (tertiary/aromatic N) is 1. The van der Waals surface area contributed by atoms with E-state index in [1.54, 1.807) is 30.3 Å². The Balaban J connectivity index is 2.45. The smallest absolute Gasteiger partial charge is 0.264 e. The van der Waals surface area contributed by atoms with Gasteiger partial charge in [-0.1, -0.05) is 18.2 Å². The first-order valence-electron chi connectivity index (χ1n) is 6.26. The molecule has 5 nitrogen and oxygen atoms in total. The number of para-hydroxylation sites is 1. The summed E-state index contributed by atoms with van der Waals surface area (Å²) in [6, 6.07) is 13.4. The molecule has 0 aliphatic carbocycles. The molecule has 0 heterocycles. The predicted octanol–water partition coefficient (Wildman–Crippen LogP) is 2.53. The highest BCUT2D eigenvalue weighted by molar-refractivity contribution is 7.92. The van der Waals surface area contributed by atoms with E-state index in [0.29, 0.717) is 17.2 Å². The van der Waals surface area contributed by atoms with Crippen molar-refractivity contribution in [2.45, 2.75) is 4.90 Å². The Morgan fingerprint density at radius 3 is 2.10 bits per heavy atom. The van der Waals surface area contributed by atoms with E-state index in [9.17, 15) is 8.42 Å². The van der Waals surface area contributed by atoms with Gasteiger partial charge in [0.1, 0.15) is 0 Å². The number of hydrogen-bond donors (Lipinski definition) is 0. The van der Waals surface area contributed by atoms with Gasteiger partial charge in [0.25, 0.3) is 10.0 Å². The highest BCUT2D eigenvalue weighted by atomic mass is 32.2. The van der Waals surface area contributed by atoms with E-state index in [2.05, 4.69) is 0 Å². The number of methoxy groups -OCH3 is 2. The van der Waals surface area contributed by atoms with Crippen molar-refractivity contribution in [1.29, 1.82) is 0 Å². The van der Waals surface area contributed by atoms with Gasteiger partial charge in [0.2, 0.25) is 0 Å². The first-order valence-corrected chi connectivity index (χ1v) is 7.70. The van der Waals surface area contributed by atoms with Crippen molar-refractivity contribution < 1.29 is 17.9 Å². The van der Waals surface area contributed by atoms with Gasteiger partial charge in [-0.25, -0.2) is 8.42 Å². The second-order valence-electron chi connectivity index (χ2n) is 4.32. The van der Waals surface area contributed by atoms with Crippen molar-refractivity contribution in [2.75, 3.05) is 25.6 Å². The number of hydrogen-bond acceptors (Lipinski definition) is 4. The molecule has 0 atom stereocenters. The third-order valence-corrected chi connectivity index (χ3v) is 4.91. The quantitative estimate of drug-likeness (QED) is 0.852. The number of ether oxygens (including phenoxy) is 2. The molecule has 112 valence electrons. The van der Waals surface area contributed by atoms with Crippen LogP contribution in [0.15, 0.2) is 53.4 Å². The minimum atomic E-state index is -3.65. The Labute approximate surface area is 124 Å². The molecule has 0 aromatic heterocycles. The molecular formula is C15H17NO4S. The summed E-state index contributed by atoms with van der Waals surface area (Å²) in [6.07, 6.45) is 0. The lowest BCUT2D eigenvalue weighted by molar-refractivity contribution is 0.354. The Morgan fingerprint density at radius 1 is 0.905 bits per heavy atom. The predicted molar refractivity (Wildman–Crippen MR) is 81.6 cm³/mol. The molecule has 2 aromatic rings. The van der Waals surface area contributed by atoms with Crippen LogP contribution >= 0.6 is 0 Å². The highest BCUT2D eigenvalue weighted by Gasteiger charge is 2.22. The number of anilines is 1. The van der Waals surface area contributed by atoms with Crippen molar-refractivity contribution in [3.05, 3.63) is 48.5 Å². The fraction of sp³-hybridized carbons (Fsp3) is 0.200. The van der Waals surface area contributed by atoms with Gasteiger partial charge in [0.15, 0.2) is 11.5 Å². The Bertz CT molecular complexity index is 714. The summed E-state index contributed by atoms with van der Waals surface area (Å²) in [7, 11) is 0.833. The van der Waals surface area contributed by atoms with Gasteiger partial charge in [0.05, 0.1) is 24.8 Å². The van der Waals surface area contributed by atoms with E-state index in [4.69, 9.17) is 9.47 Å². The Morgan fingerprint density at radius 2 is 1.52 bits per heavy atom. The summed E-state index contributed by atoms with van der Waals surface area (Å²) >= 11 is 0. The van der Waals surface area contributed by atoms with Gasteiger partial charge in [-0.05, 0) is 24.3 Å². The monoisotopic (exact) mass is 307 g/mol. The average molecular weight is 307 g/mol. The molecule has 0 saturated heterocycles. The van der Waals surface area contributed by atoms with Crippen LogP contribution in [0.3, 0.4) is 0 Å². The van der Waals surface area contributed by atoms with Crippen LogP contribution in [0.4, 0.5) is 5.69 Å². The lowest BCUT2D eigenvalue weighted by Gasteiger charge is -2.20. The topological polar surface area (TPSA) is 55.8 Å². The molecule has 2 rings (SSSR count). The van der Waals surface area contributed by atoms with E-state index in [1.807, 2.05) is 6.07 Å². The van der Waals surface area contributed by atoms with E-state index >= 15 is 0 Å². The zero-order valence-electron chi connectivity index (χ0n) is 12.1. The molecule has 0 aliphatic rings. The average Bonchev–Trinajstić information content (AvgIpc) is 2.54. The maximum atomic E-state index is 12.6. The van der Waals surface area contributed by atoms with Crippen LogP contribution in [0.1, 0.15) is 0 Å². The van der Waals surface area contributed by atoms with Crippen molar-refractivity contribution in [2.24, 2.45) is 0 Å². The van der Waals surface area contributed by atoms with Crippen LogP contribution in [0.5, 0.6) is 11.5 Å². The zero-order chi connectivity index (χ0) is 15.5. The Hall–Kier alpha value is -2.21. The van der Waals surface area contributed by atoms with Crippen LogP contribution in [-0.4, -0.2) is 29.7 Å². The van der Waals surface area contributed by atoms with E-state index < -0.39 is 10.0 Å². The van der Waals surface area contributed by atoms with Gasteiger partial charge in [-0.2, -0.15) is 0 Å². The third-order valence-electron chi connectivity index (χ3n) is 3.13. The zero-order valence-corrected chi connectivity index (χ0v) is 12.9. The molecule has 21 heavy (non-hydrogen) atoms. The number of benzene rings is 2. The van der Waals surface area contributed by atoms with Gasteiger partial charge in [0, 0.05) is 13.1 Å². The summed E-state index contributed by atoms with van der Waals surface area (Å²) < 4.78 is 36.8. The molecular weight excluding hydrogens is 290 g/mol. The first-order chi connectivity index (χ1) is 10.0. The summed E-state index contributed by atoms with van der Waals surface area (Å²) in [5.74, 6) is 0.860. The van der Waals surface area contributed by atoms with Gasteiger partial charge in [-0.3, -0.25) is 4.31 Å². The molecule has 0 N–H and O–H groups in total. The lowest BCUT2D eigenvalue weighted by Crippen LogP contribution is -2.26. The largest absolute Gasteiger partial charge is 0.493 e. The number of sulfonamides is 1. The molecule has 2 aromatic carbocycles. The molecule has 0 aliphatic heterocycles. The van der Waals surface area contributed by atoms with Gasteiger partial charge in [-0.15, -0.1) is 0 Å². The molecule has 6 heteroatoms. The summed E-state index contributed by atoms with van der Waals surface area (Å²) in [5, 5.41) is 0. The molecule has 0 bridgehead atoms. The van der Waals surface area contributed by atoms with Crippen LogP contribution < -0.4 is 13.8 Å². The SMILES string of the molecule is COc1ccc(S(=O)(=O)N(C)c2ccccc2)cc1OC. The first kappa shape index (κ1) is 15.2. The van der Waals surface area contributed by atoms with Crippen LogP contribution in [0.25, 0.3) is 0 Å². The van der Waals surface area contributed by atoms with E-state index in [0.717, 1.165) is 0 Å². The maximum absolute atomic E-state index is 12.6. The molecule has 0 unspecified atom stereocenters. The summed E-state index contributed by atoms with van der Waals surface area (Å²) in [6.45, 7) is 0. The second kappa shape index (κ2) is 6.05. The standard InChI is InChI=1S/C15H17NO4S/c1-16(12-7-5-4-6-8-12)21(17,18)13-9-10-14(19-2)15(11-13)20-3/h4-11H,1-3H3. The fourth-order valence-corrected chi connectivity index (χ4v) is 3.12. The van der Waals surface area contributed by atoms with Crippen LogP contribution in [0, 0.1) is 0 Å².